The van der Waals surface area contributed by atoms with E-state index in [0.29, 0.717) is 40.5 Å². The maximum Gasteiger partial charge on any atom is 0.347 e. The smallest absolute Gasteiger partial charge is 0.347 e. The van der Waals surface area contributed by atoms with Gasteiger partial charge in [-0.05, 0) is 32.0 Å². The van der Waals surface area contributed by atoms with Gasteiger partial charge in [-0.2, -0.15) is 0 Å². The second-order valence-corrected chi connectivity index (χ2v) is 5.04. The summed E-state index contributed by atoms with van der Waals surface area (Å²) in [4.78, 5) is 26.5. The molecule has 0 spiro atoms. The average molecular weight is 291 g/mol. The Labute approximate surface area is 119 Å². The first kappa shape index (κ1) is 14.2. The number of aldehydes is 1. The molecule has 5 nitrogen and oxygen atoms in total. The molecule has 0 bridgehead atoms. The molecule has 20 heavy (non-hydrogen) atoms. The summed E-state index contributed by atoms with van der Waals surface area (Å²) >= 11 is 1.09. The van der Waals surface area contributed by atoms with E-state index in [1.54, 1.807) is 25.1 Å². The zero-order valence-corrected chi connectivity index (χ0v) is 11.9. The van der Waals surface area contributed by atoms with Crippen LogP contribution in [0.1, 0.15) is 32.6 Å². The molecule has 0 aliphatic rings. The third-order valence-electron chi connectivity index (χ3n) is 2.67. The Kier molecular flexibility index (Phi) is 4.14. The van der Waals surface area contributed by atoms with Gasteiger partial charge in [0.05, 0.1) is 17.9 Å². The van der Waals surface area contributed by atoms with Gasteiger partial charge in [0.1, 0.15) is 15.6 Å². The number of nitrogens with zero attached hydrogens (tertiary/aromatic N) is 1. The van der Waals surface area contributed by atoms with Crippen molar-refractivity contribution >= 4 is 23.6 Å². The maximum atomic E-state index is 11.1. The van der Waals surface area contributed by atoms with Gasteiger partial charge in [-0.1, -0.05) is 0 Å². The second kappa shape index (κ2) is 5.83. The average Bonchev–Trinajstić information content (AvgIpc) is 2.82. The van der Waals surface area contributed by atoms with Gasteiger partial charge in [0.25, 0.3) is 0 Å². The number of aromatic carboxylic acids is 1. The van der Waals surface area contributed by atoms with Crippen LogP contribution in [0.25, 0.3) is 10.6 Å². The molecular formula is C14H13NO4S. The van der Waals surface area contributed by atoms with Gasteiger partial charge in [0, 0.05) is 5.56 Å². The van der Waals surface area contributed by atoms with E-state index in [-0.39, 0.29) is 4.88 Å². The molecule has 0 saturated heterocycles. The third-order valence-corrected chi connectivity index (χ3v) is 3.87. The number of aryl methyl sites for hydroxylation is 1. The number of thiazole rings is 1. The van der Waals surface area contributed by atoms with Gasteiger partial charge in [0.15, 0.2) is 6.29 Å². The Balaban J connectivity index is 2.45. The van der Waals surface area contributed by atoms with Crippen molar-refractivity contribution in [2.24, 2.45) is 0 Å². The summed E-state index contributed by atoms with van der Waals surface area (Å²) in [5.41, 5.74) is 1.60. The minimum Gasteiger partial charge on any atom is -0.493 e. The number of aromatic nitrogens is 1. The molecule has 1 aromatic heterocycles. The highest BCUT2D eigenvalue weighted by molar-refractivity contribution is 7.17. The lowest BCUT2D eigenvalue weighted by Crippen LogP contribution is -1.96. The zero-order chi connectivity index (χ0) is 14.7. The van der Waals surface area contributed by atoms with Crippen LogP contribution in [0.2, 0.25) is 0 Å². The van der Waals surface area contributed by atoms with E-state index in [9.17, 15) is 9.59 Å². The van der Waals surface area contributed by atoms with Crippen LogP contribution in [0.5, 0.6) is 5.75 Å². The first-order valence-corrected chi connectivity index (χ1v) is 6.81. The van der Waals surface area contributed by atoms with E-state index in [1.165, 1.54) is 0 Å². The molecule has 1 heterocycles. The monoisotopic (exact) mass is 291 g/mol. The maximum absolute atomic E-state index is 11.1. The predicted octanol–water partition coefficient (Wildman–Crippen LogP) is 3.03. The van der Waals surface area contributed by atoms with Crippen LogP contribution in [-0.2, 0) is 0 Å². The molecular weight excluding hydrogens is 278 g/mol. The van der Waals surface area contributed by atoms with Crippen LogP contribution in [-0.4, -0.2) is 29.0 Å². The normalized spacial score (nSPS) is 10.3. The quantitative estimate of drug-likeness (QED) is 0.857. The topological polar surface area (TPSA) is 76.5 Å². The Bertz CT molecular complexity index is 663. The van der Waals surface area contributed by atoms with Crippen molar-refractivity contribution in [3.8, 4) is 16.3 Å². The van der Waals surface area contributed by atoms with Gasteiger partial charge < -0.3 is 9.84 Å². The summed E-state index contributed by atoms with van der Waals surface area (Å²) in [5.74, 6) is -0.481. The summed E-state index contributed by atoms with van der Waals surface area (Å²) in [7, 11) is 0. The van der Waals surface area contributed by atoms with E-state index in [0.717, 1.165) is 11.3 Å². The number of carbonyl (C=O) groups excluding carboxylic acids is 1. The largest absolute Gasteiger partial charge is 0.493 e. The van der Waals surface area contributed by atoms with Crippen molar-refractivity contribution in [2.45, 2.75) is 13.8 Å². The molecule has 0 radical (unpaired) electrons. The summed E-state index contributed by atoms with van der Waals surface area (Å²) in [6.45, 7) is 3.96. The number of hydrogen-bond donors (Lipinski definition) is 1. The van der Waals surface area contributed by atoms with Gasteiger partial charge in [-0.15, -0.1) is 11.3 Å². The number of carboxylic acids is 1. The SMILES string of the molecule is CCOc1ccc(-c2nc(C)c(C(=O)O)s2)cc1C=O. The number of hydrogen-bond acceptors (Lipinski definition) is 5. The molecule has 1 aromatic carbocycles. The predicted molar refractivity (Wildman–Crippen MR) is 75.8 cm³/mol. The molecule has 2 aromatic rings. The number of benzene rings is 1. The standard InChI is InChI=1S/C14H13NO4S/c1-3-19-11-5-4-9(6-10(11)7-16)13-15-8(2)12(20-13)14(17)18/h4-7H,3H2,1-2H3,(H,17,18). The molecule has 0 amide bonds. The fourth-order valence-corrected chi connectivity index (χ4v) is 2.68. The molecule has 2 rings (SSSR count). The Morgan fingerprint density at radius 3 is 2.80 bits per heavy atom. The molecule has 0 fully saturated rings. The van der Waals surface area contributed by atoms with Crippen molar-refractivity contribution < 1.29 is 19.4 Å². The van der Waals surface area contributed by atoms with Gasteiger partial charge >= 0.3 is 5.97 Å². The third kappa shape index (κ3) is 2.70. The van der Waals surface area contributed by atoms with Gasteiger partial charge in [-0.25, -0.2) is 9.78 Å². The minimum atomic E-state index is -0.993. The van der Waals surface area contributed by atoms with Crippen molar-refractivity contribution in [2.75, 3.05) is 6.61 Å². The lowest BCUT2D eigenvalue weighted by Gasteiger charge is -2.06. The Morgan fingerprint density at radius 1 is 1.50 bits per heavy atom. The summed E-state index contributed by atoms with van der Waals surface area (Å²) in [6.07, 6.45) is 0.715. The van der Waals surface area contributed by atoms with Crippen molar-refractivity contribution in [1.82, 2.24) is 4.98 Å². The molecule has 104 valence electrons. The summed E-state index contributed by atoms with van der Waals surface area (Å²) in [6, 6.07) is 5.11. The van der Waals surface area contributed by atoms with E-state index in [4.69, 9.17) is 9.84 Å². The number of rotatable bonds is 5. The van der Waals surface area contributed by atoms with E-state index >= 15 is 0 Å². The summed E-state index contributed by atoms with van der Waals surface area (Å²) < 4.78 is 5.34. The Morgan fingerprint density at radius 2 is 2.25 bits per heavy atom. The molecule has 0 saturated carbocycles. The Hall–Kier alpha value is -2.21. The molecule has 6 heteroatoms. The van der Waals surface area contributed by atoms with Crippen LogP contribution < -0.4 is 4.74 Å². The van der Waals surface area contributed by atoms with Crippen molar-refractivity contribution in [1.29, 1.82) is 0 Å². The molecule has 0 unspecified atom stereocenters. The van der Waals surface area contributed by atoms with Crippen molar-refractivity contribution in [3.05, 3.63) is 34.3 Å². The molecule has 1 N–H and O–H groups in total. The second-order valence-electron chi connectivity index (χ2n) is 4.04. The van der Waals surface area contributed by atoms with Crippen LogP contribution in [0, 0.1) is 6.92 Å². The highest BCUT2D eigenvalue weighted by atomic mass is 32.1. The first-order valence-electron chi connectivity index (χ1n) is 6.00. The number of ether oxygens (including phenoxy) is 1. The van der Waals surface area contributed by atoms with Gasteiger partial charge in [0.2, 0.25) is 0 Å². The van der Waals surface area contributed by atoms with Gasteiger partial charge in [-0.3, -0.25) is 4.79 Å². The first-order chi connectivity index (χ1) is 9.56. The highest BCUT2D eigenvalue weighted by Gasteiger charge is 2.16. The minimum absolute atomic E-state index is 0.210. The van der Waals surface area contributed by atoms with E-state index in [1.807, 2.05) is 6.92 Å². The highest BCUT2D eigenvalue weighted by Crippen LogP contribution is 2.30. The zero-order valence-electron chi connectivity index (χ0n) is 11.0. The molecule has 0 aliphatic carbocycles. The fourth-order valence-electron chi connectivity index (χ4n) is 1.78. The fraction of sp³-hybridized carbons (Fsp3) is 0.214. The molecule has 0 atom stereocenters. The van der Waals surface area contributed by atoms with Crippen LogP contribution >= 0.6 is 11.3 Å². The van der Waals surface area contributed by atoms with Crippen molar-refractivity contribution in [3.63, 3.8) is 0 Å². The van der Waals surface area contributed by atoms with Crippen LogP contribution in [0.4, 0.5) is 0 Å². The number of carbonyl (C=O) groups is 2. The summed E-state index contributed by atoms with van der Waals surface area (Å²) in [5, 5.41) is 9.61. The van der Waals surface area contributed by atoms with Crippen LogP contribution in [0.3, 0.4) is 0 Å². The lowest BCUT2D eigenvalue weighted by atomic mass is 10.1. The number of carboxylic acid groups (broad SMARTS) is 1. The molecule has 0 aliphatic heterocycles. The van der Waals surface area contributed by atoms with Crippen LogP contribution in [0.15, 0.2) is 18.2 Å². The van der Waals surface area contributed by atoms with E-state index < -0.39 is 5.97 Å². The lowest BCUT2D eigenvalue weighted by molar-refractivity contribution is 0.0701. The van der Waals surface area contributed by atoms with E-state index in [2.05, 4.69) is 4.98 Å².